The zero-order valence-corrected chi connectivity index (χ0v) is 14.0. The van der Waals surface area contributed by atoms with Gasteiger partial charge in [-0.3, -0.25) is 0 Å². The zero-order valence-electron chi connectivity index (χ0n) is 13.2. The largest absolute Gasteiger partial charge is 0.338 e. The van der Waals surface area contributed by atoms with Crippen LogP contribution in [0.1, 0.15) is 31.4 Å². The SMILES string of the molecule is CCc1cccc(CC)c1NC(=O)NCC1CCS(=O)(=O)C1. The topological polar surface area (TPSA) is 75.3 Å². The molecule has 2 rings (SSSR count). The van der Waals surface area contributed by atoms with Gasteiger partial charge in [0.15, 0.2) is 9.84 Å². The Kier molecular flexibility index (Phi) is 5.45. The number of anilines is 1. The first-order chi connectivity index (χ1) is 10.4. The van der Waals surface area contributed by atoms with Gasteiger partial charge < -0.3 is 10.6 Å². The molecule has 1 aromatic rings. The molecule has 1 atom stereocenters. The van der Waals surface area contributed by atoms with Crippen molar-refractivity contribution < 1.29 is 13.2 Å². The minimum absolute atomic E-state index is 0.0304. The summed E-state index contributed by atoms with van der Waals surface area (Å²) in [6, 6.07) is 5.76. The number of amides is 2. The van der Waals surface area contributed by atoms with Crippen LogP contribution in [-0.2, 0) is 22.7 Å². The molecule has 1 aromatic carbocycles. The number of aryl methyl sites for hydroxylation is 2. The molecular formula is C16H24N2O3S. The zero-order chi connectivity index (χ0) is 16.2. The molecule has 0 bridgehead atoms. The number of para-hydroxylation sites is 1. The van der Waals surface area contributed by atoms with Crippen LogP contribution in [-0.4, -0.2) is 32.5 Å². The molecule has 22 heavy (non-hydrogen) atoms. The van der Waals surface area contributed by atoms with Crippen LogP contribution in [0.3, 0.4) is 0 Å². The summed E-state index contributed by atoms with van der Waals surface area (Å²) in [6.07, 6.45) is 2.34. The quantitative estimate of drug-likeness (QED) is 0.873. The van der Waals surface area contributed by atoms with Gasteiger partial charge in [-0.25, -0.2) is 13.2 Å². The molecule has 0 spiro atoms. The highest BCUT2D eigenvalue weighted by atomic mass is 32.2. The van der Waals surface area contributed by atoms with Gasteiger partial charge in [-0.2, -0.15) is 0 Å². The molecule has 1 fully saturated rings. The Bertz CT molecular complexity index is 619. The minimum atomic E-state index is -2.90. The maximum Gasteiger partial charge on any atom is 0.319 e. The Hall–Kier alpha value is -1.56. The predicted octanol–water partition coefficient (Wildman–Crippen LogP) is 2.37. The van der Waals surface area contributed by atoms with E-state index in [0.29, 0.717) is 13.0 Å². The van der Waals surface area contributed by atoms with E-state index in [9.17, 15) is 13.2 Å². The van der Waals surface area contributed by atoms with Crippen molar-refractivity contribution in [2.24, 2.45) is 5.92 Å². The van der Waals surface area contributed by atoms with Crippen molar-refractivity contribution in [1.82, 2.24) is 5.32 Å². The highest BCUT2D eigenvalue weighted by Crippen LogP contribution is 2.22. The smallest absolute Gasteiger partial charge is 0.319 e. The first kappa shape index (κ1) is 16.8. The van der Waals surface area contributed by atoms with Crippen molar-refractivity contribution >= 4 is 21.6 Å². The molecule has 1 aliphatic rings. The maximum absolute atomic E-state index is 12.1. The van der Waals surface area contributed by atoms with Gasteiger partial charge >= 0.3 is 6.03 Å². The molecule has 5 nitrogen and oxygen atoms in total. The van der Waals surface area contributed by atoms with E-state index in [1.54, 1.807) is 0 Å². The number of rotatable bonds is 5. The third kappa shape index (κ3) is 4.22. The molecule has 1 heterocycles. The lowest BCUT2D eigenvalue weighted by atomic mass is 10.0. The van der Waals surface area contributed by atoms with Gasteiger partial charge in [0.05, 0.1) is 11.5 Å². The van der Waals surface area contributed by atoms with Gasteiger partial charge in [-0.05, 0) is 36.3 Å². The molecule has 0 saturated carbocycles. The number of carbonyl (C=O) groups excluding carboxylic acids is 1. The van der Waals surface area contributed by atoms with E-state index in [0.717, 1.165) is 29.7 Å². The van der Waals surface area contributed by atoms with Gasteiger partial charge in [-0.1, -0.05) is 32.0 Å². The summed E-state index contributed by atoms with van der Waals surface area (Å²) in [4.78, 5) is 12.1. The standard InChI is InChI=1S/C16H24N2O3S/c1-3-13-6-5-7-14(4-2)15(13)18-16(19)17-10-12-8-9-22(20,21)11-12/h5-7,12H,3-4,8-11H2,1-2H3,(H2,17,18,19). The van der Waals surface area contributed by atoms with Crippen molar-refractivity contribution in [3.63, 3.8) is 0 Å². The Morgan fingerprint density at radius 1 is 1.23 bits per heavy atom. The number of benzene rings is 1. The fraction of sp³-hybridized carbons (Fsp3) is 0.562. The average Bonchev–Trinajstić information content (AvgIpc) is 2.84. The van der Waals surface area contributed by atoms with E-state index in [-0.39, 0.29) is 23.5 Å². The summed E-state index contributed by atoms with van der Waals surface area (Å²) in [7, 11) is -2.90. The number of hydrogen-bond donors (Lipinski definition) is 2. The fourth-order valence-corrected chi connectivity index (χ4v) is 4.69. The van der Waals surface area contributed by atoms with Crippen LogP contribution in [0.2, 0.25) is 0 Å². The van der Waals surface area contributed by atoms with E-state index < -0.39 is 9.84 Å². The highest BCUT2D eigenvalue weighted by Gasteiger charge is 2.27. The molecule has 0 aliphatic carbocycles. The molecule has 6 heteroatoms. The second-order valence-electron chi connectivity index (χ2n) is 5.76. The molecule has 0 aromatic heterocycles. The Morgan fingerprint density at radius 2 is 1.86 bits per heavy atom. The number of hydrogen-bond acceptors (Lipinski definition) is 3. The molecular weight excluding hydrogens is 300 g/mol. The highest BCUT2D eigenvalue weighted by molar-refractivity contribution is 7.91. The van der Waals surface area contributed by atoms with Crippen LogP contribution < -0.4 is 10.6 Å². The molecule has 122 valence electrons. The van der Waals surface area contributed by atoms with Crippen LogP contribution in [0, 0.1) is 5.92 Å². The minimum Gasteiger partial charge on any atom is -0.338 e. The predicted molar refractivity (Wildman–Crippen MR) is 89.0 cm³/mol. The Balaban J connectivity index is 1.95. The van der Waals surface area contributed by atoms with E-state index in [2.05, 4.69) is 24.5 Å². The van der Waals surface area contributed by atoms with E-state index in [1.807, 2.05) is 18.2 Å². The second-order valence-corrected chi connectivity index (χ2v) is 7.99. The lowest BCUT2D eigenvalue weighted by Crippen LogP contribution is -2.34. The monoisotopic (exact) mass is 324 g/mol. The summed E-state index contributed by atoms with van der Waals surface area (Å²) in [5.74, 6) is 0.446. The van der Waals surface area contributed by atoms with Crippen LogP contribution in [0.15, 0.2) is 18.2 Å². The summed E-state index contributed by atoms with van der Waals surface area (Å²) < 4.78 is 22.8. The molecule has 1 aliphatic heterocycles. The first-order valence-electron chi connectivity index (χ1n) is 7.81. The van der Waals surface area contributed by atoms with Gasteiger partial charge in [0.2, 0.25) is 0 Å². The lowest BCUT2D eigenvalue weighted by molar-refractivity contribution is 0.250. The molecule has 2 N–H and O–H groups in total. The van der Waals surface area contributed by atoms with Crippen LogP contribution in [0.4, 0.5) is 10.5 Å². The second kappa shape index (κ2) is 7.13. The van der Waals surface area contributed by atoms with Crippen molar-refractivity contribution in [1.29, 1.82) is 0 Å². The van der Waals surface area contributed by atoms with Gasteiger partial charge in [-0.15, -0.1) is 0 Å². The van der Waals surface area contributed by atoms with E-state index in [4.69, 9.17) is 0 Å². The Labute approximate surface area is 132 Å². The summed E-state index contributed by atoms with van der Waals surface area (Å²) >= 11 is 0. The first-order valence-corrected chi connectivity index (χ1v) is 9.63. The molecule has 1 unspecified atom stereocenters. The molecule has 0 radical (unpaired) electrons. The van der Waals surface area contributed by atoms with Crippen molar-refractivity contribution in [3.8, 4) is 0 Å². The summed E-state index contributed by atoms with van der Waals surface area (Å²) in [5.41, 5.74) is 3.10. The third-order valence-electron chi connectivity index (χ3n) is 4.12. The number of urea groups is 1. The van der Waals surface area contributed by atoms with Gasteiger partial charge in [0.25, 0.3) is 0 Å². The van der Waals surface area contributed by atoms with Crippen LogP contribution in [0.25, 0.3) is 0 Å². The maximum atomic E-state index is 12.1. The normalized spacial score (nSPS) is 19.8. The molecule has 2 amide bonds. The van der Waals surface area contributed by atoms with Gasteiger partial charge in [0.1, 0.15) is 0 Å². The molecule has 1 saturated heterocycles. The van der Waals surface area contributed by atoms with Crippen molar-refractivity contribution in [2.75, 3.05) is 23.4 Å². The lowest BCUT2D eigenvalue weighted by Gasteiger charge is -2.16. The van der Waals surface area contributed by atoms with Crippen molar-refractivity contribution in [2.45, 2.75) is 33.1 Å². The van der Waals surface area contributed by atoms with E-state index in [1.165, 1.54) is 0 Å². The Morgan fingerprint density at radius 3 is 2.36 bits per heavy atom. The fourth-order valence-electron chi connectivity index (χ4n) is 2.83. The number of sulfone groups is 1. The number of carbonyl (C=O) groups is 1. The van der Waals surface area contributed by atoms with Gasteiger partial charge in [0, 0.05) is 12.2 Å². The summed E-state index contributed by atoms with van der Waals surface area (Å²) in [6.45, 7) is 4.52. The van der Waals surface area contributed by atoms with Crippen LogP contribution in [0.5, 0.6) is 0 Å². The number of nitrogens with one attached hydrogen (secondary N) is 2. The summed E-state index contributed by atoms with van der Waals surface area (Å²) in [5, 5.41) is 5.73. The average molecular weight is 324 g/mol. The van der Waals surface area contributed by atoms with Crippen LogP contribution >= 0.6 is 0 Å². The third-order valence-corrected chi connectivity index (χ3v) is 5.95. The van der Waals surface area contributed by atoms with Crippen molar-refractivity contribution in [3.05, 3.63) is 29.3 Å². The van der Waals surface area contributed by atoms with E-state index >= 15 is 0 Å².